The summed E-state index contributed by atoms with van der Waals surface area (Å²) < 4.78 is 0. The number of halogens is 2. The second-order valence-corrected chi connectivity index (χ2v) is 6.15. The lowest BCUT2D eigenvalue weighted by Gasteiger charge is -2.27. The SMILES string of the molecule is CN(Cc1cc(Cl)cc(Cl)c1O)CC1CCCNC1. The van der Waals surface area contributed by atoms with Crippen molar-refractivity contribution in [3.63, 3.8) is 0 Å². The van der Waals surface area contributed by atoms with E-state index in [1.165, 1.54) is 12.8 Å². The van der Waals surface area contributed by atoms with Gasteiger partial charge in [0.05, 0.1) is 5.02 Å². The number of benzene rings is 1. The number of nitrogens with zero attached hydrogens (tertiary/aromatic N) is 1. The highest BCUT2D eigenvalue weighted by Gasteiger charge is 2.16. The predicted octanol–water partition coefficient (Wildman–Crippen LogP) is 3.13. The van der Waals surface area contributed by atoms with Gasteiger partial charge in [0.1, 0.15) is 5.75 Å². The first-order valence-electron chi connectivity index (χ1n) is 6.62. The van der Waals surface area contributed by atoms with Crippen LogP contribution in [-0.2, 0) is 6.54 Å². The van der Waals surface area contributed by atoms with E-state index in [-0.39, 0.29) is 5.75 Å². The molecule has 1 aromatic carbocycles. The van der Waals surface area contributed by atoms with Crippen LogP contribution in [-0.4, -0.2) is 36.7 Å². The molecule has 1 aromatic rings. The van der Waals surface area contributed by atoms with Gasteiger partial charge in [-0.25, -0.2) is 0 Å². The van der Waals surface area contributed by atoms with Crippen LogP contribution in [0.15, 0.2) is 12.1 Å². The van der Waals surface area contributed by atoms with Gasteiger partial charge < -0.3 is 15.3 Å². The van der Waals surface area contributed by atoms with E-state index in [9.17, 15) is 5.11 Å². The number of rotatable bonds is 4. The molecule has 5 heteroatoms. The number of nitrogens with one attached hydrogen (secondary N) is 1. The molecule has 0 amide bonds. The number of hydrogen-bond donors (Lipinski definition) is 2. The van der Waals surface area contributed by atoms with Crippen LogP contribution in [0, 0.1) is 5.92 Å². The van der Waals surface area contributed by atoms with Crippen molar-refractivity contribution in [2.24, 2.45) is 5.92 Å². The molecule has 1 saturated heterocycles. The third kappa shape index (κ3) is 4.25. The molecular formula is C14H20Cl2N2O. The first-order valence-corrected chi connectivity index (χ1v) is 7.38. The van der Waals surface area contributed by atoms with E-state index in [1.54, 1.807) is 12.1 Å². The molecule has 0 aromatic heterocycles. The van der Waals surface area contributed by atoms with Crippen molar-refractivity contribution in [3.05, 3.63) is 27.7 Å². The van der Waals surface area contributed by atoms with Gasteiger partial charge in [-0.1, -0.05) is 23.2 Å². The van der Waals surface area contributed by atoms with Crippen LogP contribution in [0.4, 0.5) is 0 Å². The predicted molar refractivity (Wildman–Crippen MR) is 80.1 cm³/mol. The number of aromatic hydroxyl groups is 1. The summed E-state index contributed by atoms with van der Waals surface area (Å²) in [6, 6.07) is 3.34. The zero-order valence-electron chi connectivity index (χ0n) is 11.1. The Hall–Kier alpha value is -0.480. The van der Waals surface area contributed by atoms with Gasteiger partial charge in [0, 0.05) is 23.7 Å². The molecule has 1 heterocycles. The maximum Gasteiger partial charge on any atom is 0.138 e. The zero-order valence-corrected chi connectivity index (χ0v) is 12.6. The standard InChI is InChI=1S/C14H20Cl2N2O/c1-18(8-10-3-2-4-17-7-10)9-11-5-12(15)6-13(16)14(11)19/h5-6,10,17,19H,2-4,7-9H2,1H3. The molecule has 1 unspecified atom stereocenters. The highest BCUT2D eigenvalue weighted by atomic mass is 35.5. The molecule has 1 aliphatic heterocycles. The fraction of sp³-hybridized carbons (Fsp3) is 0.571. The number of phenolic OH excluding ortho intramolecular Hbond substituents is 1. The molecule has 0 bridgehead atoms. The normalized spacial score (nSPS) is 19.9. The molecule has 1 atom stereocenters. The summed E-state index contributed by atoms with van der Waals surface area (Å²) in [7, 11) is 2.06. The van der Waals surface area contributed by atoms with Gasteiger partial charge in [-0.2, -0.15) is 0 Å². The topological polar surface area (TPSA) is 35.5 Å². The third-order valence-electron chi connectivity index (χ3n) is 3.52. The molecule has 0 spiro atoms. The van der Waals surface area contributed by atoms with Gasteiger partial charge in [-0.05, 0) is 51.0 Å². The molecule has 1 fully saturated rings. The van der Waals surface area contributed by atoms with Crippen molar-refractivity contribution in [1.82, 2.24) is 10.2 Å². The van der Waals surface area contributed by atoms with E-state index < -0.39 is 0 Å². The Kier molecular flexibility index (Phi) is 5.34. The van der Waals surface area contributed by atoms with Gasteiger partial charge in [-0.3, -0.25) is 0 Å². The van der Waals surface area contributed by atoms with Crippen LogP contribution in [0.1, 0.15) is 18.4 Å². The van der Waals surface area contributed by atoms with Crippen LogP contribution in [0.2, 0.25) is 10.0 Å². The summed E-state index contributed by atoms with van der Waals surface area (Å²) in [6.07, 6.45) is 2.51. The average Bonchev–Trinajstić information content (AvgIpc) is 2.36. The van der Waals surface area contributed by atoms with Crippen LogP contribution in [0.5, 0.6) is 5.75 Å². The molecule has 0 radical (unpaired) electrons. The van der Waals surface area contributed by atoms with Crippen molar-refractivity contribution < 1.29 is 5.11 Å². The van der Waals surface area contributed by atoms with Crippen molar-refractivity contribution in [3.8, 4) is 5.75 Å². The molecular weight excluding hydrogens is 283 g/mol. The lowest BCUT2D eigenvalue weighted by atomic mass is 9.99. The lowest BCUT2D eigenvalue weighted by molar-refractivity contribution is 0.235. The van der Waals surface area contributed by atoms with Crippen molar-refractivity contribution in [2.75, 3.05) is 26.7 Å². The number of piperidine rings is 1. The minimum Gasteiger partial charge on any atom is -0.506 e. The molecule has 19 heavy (non-hydrogen) atoms. The molecule has 1 aliphatic rings. The van der Waals surface area contributed by atoms with Gasteiger partial charge >= 0.3 is 0 Å². The average molecular weight is 303 g/mol. The Morgan fingerprint density at radius 1 is 1.42 bits per heavy atom. The Bertz CT molecular complexity index is 434. The van der Waals surface area contributed by atoms with Gasteiger partial charge in [0.2, 0.25) is 0 Å². The summed E-state index contributed by atoms with van der Waals surface area (Å²) in [5, 5.41) is 14.2. The van der Waals surface area contributed by atoms with E-state index in [4.69, 9.17) is 23.2 Å². The number of hydrogen-bond acceptors (Lipinski definition) is 3. The van der Waals surface area contributed by atoms with Crippen LogP contribution in [0.25, 0.3) is 0 Å². The largest absolute Gasteiger partial charge is 0.506 e. The first kappa shape index (κ1) is 14.9. The second kappa shape index (κ2) is 6.80. The molecule has 2 N–H and O–H groups in total. The van der Waals surface area contributed by atoms with Crippen molar-refractivity contribution in [1.29, 1.82) is 0 Å². The summed E-state index contributed by atoms with van der Waals surface area (Å²) in [5.41, 5.74) is 0.781. The minimum absolute atomic E-state index is 0.139. The molecule has 2 rings (SSSR count). The molecule has 106 valence electrons. The molecule has 0 saturated carbocycles. The van der Waals surface area contributed by atoms with E-state index >= 15 is 0 Å². The highest BCUT2D eigenvalue weighted by molar-refractivity contribution is 6.35. The Morgan fingerprint density at radius 3 is 2.89 bits per heavy atom. The van der Waals surface area contributed by atoms with Crippen LogP contribution in [0.3, 0.4) is 0 Å². The summed E-state index contributed by atoms with van der Waals surface area (Å²) in [5.74, 6) is 0.815. The summed E-state index contributed by atoms with van der Waals surface area (Å²) in [6.45, 7) is 3.87. The van der Waals surface area contributed by atoms with E-state index in [0.29, 0.717) is 22.5 Å². The Morgan fingerprint density at radius 2 is 2.21 bits per heavy atom. The van der Waals surface area contributed by atoms with E-state index in [1.807, 2.05) is 0 Å². The highest BCUT2D eigenvalue weighted by Crippen LogP contribution is 2.31. The quantitative estimate of drug-likeness (QED) is 0.897. The van der Waals surface area contributed by atoms with Crippen LogP contribution >= 0.6 is 23.2 Å². The van der Waals surface area contributed by atoms with Gasteiger partial charge in [-0.15, -0.1) is 0 Å². The number of phenols is 1. The summed E-state index contributed by atoms with van der Waals surface area (Å²) >= 11 is 11.9. The Balaban J connectivity index is 1.96. The summed E-state index contributed by atoms with van der Waals surface area (Å²) in [4.78, 5) is 2.21. The maximum atomic E-state index is 9.95. The second-order valence-electron chi connectivity index (χ2n) is 5.30. The van der Waals surface area contributed by atoms with E-state index in [0.717, 1.165) is 25.2 Å². The fourth-order valence-corrected chi connectivity index (χ4v) is 3.15. The monoisotopic (exact) mass is 302 g/mol. The first-order chi connectivity index (χ1) is 9.06. The molecule has 0 aliphatic carbocycles. The van der Waals surface area contributed by atoms with Gasteiger partial charge in [0.25, 0.3) is 0 Å². The zero-order chi connectivity index (χ0) is 13.8. The lowest BCUT2D eigenvalue weighted by Crippen LogP contribution is -2.36. The maximum absolute atomic E-state index is 9.95. The third-order valence-corrected chi connectivity index (χ3v) is 4.02. The Labute approximate surface area is 124 Å². The van der Waals surface area contributed by atoms with Crippen molar-refractivity contribution in [2.45, 2.75) is 19.4 Å². The fourth-order valence-electron chi connectivity index (χ4n) is 2.62. The minimum atomic E-state index is 0.139. The molecule has 3 nitrogen and oxygen atoms in total. The smallest absolute Gasteiger partial charge is 0.138 e. The van der Waals surface area contributed by atoms with Crippen LogP contribution < -0.4 is 5.32 Å². The van der Waals surface area contributed by atoms with Gasteiger partial charge in [0.15, 0.2) is 0 Å². The van der Waals surface area contributed by atoms with E-state index in [2.05, 4.69) is 17.3 Å². The van der Waals surface area contributed by atoms with Crippen molar-refractivity contribution >= 4 is 23.2 Å².